The lowest BCUT2D eigenvalue weighted by atomic mass is 10.0. The third kappa shape index (κ3) is 3.90. The van der Waals surface area contributed by atoms with E-state index in [1.165, 1.54) is 12.1 Å². The van der Waals surface area contributed by atoms with E-state index in [-0.39, 0.29) is 5.69 Å². The maximum atomic E-state index is 10.9. The van der Waals surface area contributed by atoms with Crippen LogP contribution in [0.4, 0.5) is 5.69 Å². The smallest absolute Gasteiger partial charge is 0.270 e. The van der Waals surface area contributed by atoms with Gasteiger partial charge in [0.1, 0.15) is 0 Å². The number of nitriles is 1. The zero-order valence-electron chi connectivity index (χ0n) is 13.4. The van der Waals surface area contributed by atoms with Crippen LogP contribution in [0.1, 0.15) is 18.1 Å². The molecule has 0 fully saturated rings. The van der Waals surface area contributed by atoms with E-state index in [1.807, 2.05) is 6.92 Å². The van der Waals surface area contributed by atoms with Crippen molar-refractivity contribution in [1.82, 2.24) is 0 Å². The second kappa shape index (κ2) is 7.79. The number of rotatable bonds is 6. The molecule has 0 amide bonds. The number of non-ortho nitro benzene ring substituents is 1. The van der Waals surface area contributed by atoms with Gasteiger partial charge in [-0.15, -0.1) is 0 Å². The van der Waals surface area contributed by atoms with Crippen molar-refractivity contribution in [2.75, 3.05) is 13.7 Å². The molecule has 6 nitrogen and oxygen atoms in total. The molecule has 0 bridgehead atoms. The van der Waals surface area contributed by atoms with Gasteiger partial charge in [0.25, 0.3) is 5.69 Å². The fourth-order valence-electron chi connectivity index (χ4n) is 2.19. The van der Waals surface area contributed by atoms with Crippen LogP contribution in [0.2, 0.25) is 0 Å². The minimum absolute atomic E-state index is 0.0570. The molecule has 0 aliphatic rings. The standard InChI is InChI=1S/C18H16N2O4/c1-3-24-18-10-13(7-8-17(18)23-2)9-15(12-19)14-5-4-6-16(11-14)20(21)22/h4-11H,3H2,1-2H3. The highest BCUT2D eigenvalue weighted by molar-refractivity contribution is 5.90. The molecule has 0 aliphatic carbocycles. The molecular weight excluding hydrogens is 308 g/mol. The van der Waals surface area contributed by atoms with Crippen molar-refractivity contribution in [2.45, 2.75) is 6.92 Å². The molecule has 0 heterocycles. The van der Waals surface area contributed by atoms with Gasteiger partial charge in [-0.1, -0.05) is 18.2 Å². The number of methoxy groups -OCH3 is 1. The van der Waals surface area contributed by atoms with Crippen LogP contribution in [0.3, 0.4) is 0 Å². The lowest BCUT2D eigenvalue weighted by Gasteiger charge is -2.10. The molecular formula is C18H16N2O4. The van der Waals surface area contributed by atoms with Crippen molar-refractivity contribution in [2.24, 2.45) is 0 Å². The lowest BCUT2D eigenvalue weighted by molar-refractivity contribution is -0.384. The van der Waals surface area contributed by atoms with E-state index in [9.17, 15) is 15.4 Å². The van der Waals surface area contributed by atoms with Crippen LogP contribution in [-0.4, -0.2) is 18.6 Å². The third-order valence-electron chi connectivity index (χ3n) is 3.29. The van der Waals surface area contributed by atoms with E-state index in [0.29, 0.717) is 29.2 Å². The summed E-state index contributed by atoms with van der Waals surface area (Å²) < 4.78 is 10.7. The van der Waals surface area contributed by atoms with E-state index >= 15 is 0 Å². The predicted molar refractivity (Wildman–Crippen MR) is 90.7 cm³/mol. The van der Waals surface area contributed by atoms with Crippen molar-refractivity contribution < 1.29 is 14.4 Å². The summed E-state index contributed by atoms with van der Waals surface area (Å²) in [5.74, 6) is 1.17. The minimum Gasteiger partial charge on any atom is -0.493 e. The first-order valence-electron chi connectivity index (χ1n) is 7.26. The topological polar surface area (TPSA) is 85.4 Å². The summed E-state index contributed by atoms with van der Waals surface area (Å²) in [5.41, 5.74) is 1.49. The van der Waals surface area contributed by atoms with Crippen LogP contribution in [0.25, 0.3) is 11.6 Å². The van der Waals surface area contributed by atoms with Gasteiger partial charge in [-0.3, -0.25) is 10.1 Å². The van der Waals surface area contributed by atoms with Gasteiger partial charge in [-0.05, 0) is 36.3 Å². The number of nitrogens with zero attached hydrogens (tertiary/aromatic N) is 2. The second-order valence-corrected chi connectivity index (χ2v) is 4.82. The van der Waals surface area contributed by atoms with Gasteiger partial charge in [0.2, 0.25) is 0 Å². The first-order chi connectivity index (χ1) is 11.6. The molecule has 0 saturated carbocycles. The normalized spacial score (nSPS) is 10.8. The number of ether oxygens (including phenoxy) is 2. The molecule has 0 spiro atoms. The molecule has 24 heavy (non-hydrogen) atoms. The van der Waals surface area contributed by atoms with E-state index in [2.05, 4.69) is 6.07 Å². The summed E-state index contributed by atoms with van der Waals surface area (Å²) in [6, 6.07) is 13.4. The number of hydrogen-bond donors (Lipinski definition) is 0. The SMILES string of the molecule is CCOc1cc(C=C(C#N)c2cccc([N+](=O)[O-])c2)ccc1OC. The maximum Gasteiger partial charge on any atom is 0.270 e. The Kier molecular flexibility index (Phi) is 5.53. The van der Waals surface area contributed by atoms with Crippen LogP contribution < -0.4 is 9.47 Å². The Morgan fingerprint density at radius 3 is 2.71 bits per heavy atom. The summed E-state index contributed by atoms with van der Waals surface area (Å²) in [6.07, 6.45) is 1.65. The Labute approximate surface area is 139 Å². The molecule has 0 atom stereocenters. The lowest BCUT2D eigenvalue weighted by Crippen LogP contribution is -1.95. The third-order valence-corrected chi connectivity index (χ3v) is 3.29. The average Bonchev–Trinajstić information content (AvgIpc) is 2.60. The van der Waals surface area contributed by atoms with Gasteiger partial charge in [-0.2, -0.15) is 5.26 Å². The zero-order chi connectivity index (χ0) is 17.5. The van der Waals surface area contributed by atoms with E-state index in [0.717, 1.165) is 5.56 Å². The maximum absolute atomic E-state index is 10.9. The molecule has 0 aromatic heterocycles. The van der Waals surface area contributed by atoms with Crippen molar-refractivity contribution in [3.63, 3.8) is 0 Å². The Morgan fingerprint density at radius 2 is 2.08 bits per heavy atom. The molecule has 122 valence electrons. The summed E-state index contributed by atoms with van der Waals surface area (Å²) in [7, 11) is 1.55. The molecule has 0 aliphatic heterocycles. The van der Waals surface area contributed by atoms with Crippen molar-refractivity contribution in [3.05, 3.63) is 63.7 Å². The molecule has 0 unspecified atom stereocenters. The molecule has 6 heteroatoms. The molecule has 0 N–H and O–H groups in total. The number of allylic oxidation sites excluding steroid dienone is 1. The van der Waals surface area contributed by atoms with E-state index < -0.39 is 4.92 Å². The van der Waals surface area contributed by atoms with Gasteiger partial charge >= 0.3 is 0 Å². The second-order valence-electron chi connectivity index (χ2n) is 4.82. The molecule has 0 radical (unpaired) electrons. The number of benzene rings is 2. The van der Waals surface area contributed by atoms with E-state index in [1.54, 1.807) is 43.5 Å². The summed E-state index contributed by atoms with van der Waals surface area (Å²) in [6.45, 7) is 2.35. The Morgan fingerprint density at radius 1 is 1.29 bits per heavy atom. The quantitative estimate of drug-likeness (QED) is 0.346. The first-order valence-corrected chi connectivity index (χ1v) is 7.26. The van der Waals surface area contributed by atoms with Gasteiger partial charge in [0.15, 0.2) is 11.5 Å². The predicted octanol–water partition coefficient (Wildman–Crippen LogP) is 4.07. The fraction of sp³-hybridized carbons (Fsp3) is 0.167. The monoisotopic (exact) mass is 324 g/mol. The Balaban J connectivity index is 2.44. The summed E-state index contributed by atoms with van der Waals surface area (Å²) >= 11 is 0. The fourth-order valence-corrected chi connectivity index (χ4v) is 2.19. The van der Waals surface area contributed by atoms with Crippen LogP contribution in [0.5, 0.6) is 11.5 Å². The van der Waals surface area contributed by atoms with Crippen LogP contribution in [0.15, 0.2) is 42.5 Å². The zero-order valence-corrected chi connectivity index (χ0v) is 13.4. The largest absolute Gasteiger partial charge is 0.493 e. The highest BCUT2D eigenvalue weighted by Crippen LogP contribution is 2.30. The average molecular weight is 324 g/mol. The highest BCUT2D eigenvalue weighted by atomic mass is 16.6. The molecule has 2 aromatic carbocycles. The first kappa shape index (κ1) is 17.0. The van der Waals surface area contributed by atoms with Crippen molar-refractivity contribution in [1.29, 1.82) is 5.26 Å². The molecule has 2 aromatic rings. The van der Waals surface area contributed by atoms with Gasteiger partial charge in [0.05, 0.1) is 30.3 Å². The van der Waals surface area contributed by atoms with Gasteiger partial charge in [0, 0.05) is 12.1 Å². The van der Waals surface area contributed by atoms with Crippen molar-refractivity contribution >= 4 is 17.3 Å². The van der Waals surface area contributed by atoms with Gasteiger partial charge in [-0.25, -0.2) is 0 Å². The molecule has 2 rings (SSSR count). The summed E-state index contributed by atoms with van der Waals surface area (Å²) in [5, 5.41) is 20.3. The number of nitro groups is 1. The van der Waals surface area contributed by atoms with Crippen LogP contribution >= 0.6 is 0 Å². The minimum atomic E-state index is -0.487. The summed E-state index contributed by atoms with van der Waals surface area (Å²) in [4.78, 5) is 10.4. The Bertz CT molecular complexity index is 822. The van der Waals surface area contributed by atoms with E-state index in [4.69, 9.17) is 9.47 Å². The number of hydrogen-bond acceptors (Lipinski definition) is 5. The van der Waals surface area contributed by atoms with Crippen LogP contribution in [-0.2, 0) is 0 Å². The van der Waals surface area contributed by atoms with Crippen LogP contribution in [0, 0.1) is 21.4 Å². The number of nitro benzene ring substituents is 1. The van der Waals surface area contributed by atoms with Gasteiger partial charge < -0.3 is 9.47 Å². The highest BCUT2D eigenvalue weighted by Gasteiger charge is 2.10. The molecule has 0 saturated heterocycles. The Hall–Kier alpha value is -3.33. The van der Waals surface area contributed by atoms with Crippen molar-refractivity contribution in [3.8, 4) is 17.6 Å².